The lowest BCUT2D eigenvalue weighted by atomic mass is 10.1. The molecule has 1 aliphatic heterocycles. The minimum absolute atomic E-state index is 0.186. The maximum Gasteiger partial charge on any atom is 0.152 e. The van der Waals surface area contributed by atoms with Crippen LogP contribution in [-0.2, 0) is 6.54 Å². The molecule has 26 heavy (non-hydrogen) atoms. The van der Waals surface area contributed by atoms with Crippen LogP contribution in [0.25, 0.3) is 11.5 Å². The summed E-state index contributed by atoms with van der Waals surface area (Å²) in [5.74, 6) is 2.11. The van der Waals surface area contributed by atoms with E-state index in [1.54, 1.807) is 0 Å². The molecule has 1 atom stereocenters. The monoisotopic (exact) mass is 354 g/mol. The van der Waals surface area contributed by atoms with Crippen LogP contribution in [0.2, 0.25) is 0 Å². The summed E-state index contributed by atoms with van der Waals surface area (Å²) in [6.45, 7) is 5.64. The number of hydrogen-bond donors (Lipinski definition) is 2. The van der Waals surface area contributed by atoms with Crippen LogP contribution in [0.3, 0.4) is 0 Å². The lowest BCUT2D eigenvalue weighted by Gasteiger charge is -2.18. The van der Waals surface area contributed by atoms with Gasteiger partial charge in [0.25, 0.3) is 0 Å². The minimum atomic E-state index is -0.186. The van der Waals surface area contributed by atoms with Crippen LogP contribution in [0.1, 0.15) is 17.7 Å². The van der Waals surface area contributed by atoms with Crippen LogP contribution >= 0.6 is 0 Å². The van der Waals surface area contributed by atoms with Crippen molar-refractivity contribution in [3.8, 4) is 11.5 Å². The van der Waals surface area contributed by atoms with Crippen molar-refractivity contribution in [3.63, 3.8) is 0 Å². The summed E-state index contributed by atoms with van der Waals surface area (Å²) < 4.78 is 18.8. The Hall–Kier alpha value is -2.60. The van der Waals surface area contributed by atoms with E-state index in [0.29, 0.717) is 5.92 Å². The van der Waals surface area contributed by atoms with Gasteiger partial charge in [-0.3, -0.25) is 5.10 Å². The van der Waals surface area contributed by atoms with Crippen molar-refractivity contribution in [2.24, 2.45) is 5.92 Å². The zero-order valence-electron chi connectivity index (χ0n) is 14.8. The van der Waals surface area contributed by atoms with E-state index in [1.807, 2.05) is 37.4 Å². The lowest BCUT2D eigenvalue weighted by Crippen LogP contribution is -2.26. The Morgan fingerprint density at radius 3 is 2.88 bits per heavy atom. The van der Waals surface area contributed by atoms with Crippen molar-refractivity contribution in [1.82, 2.24) is 15.5 Å². The average Bonchev–Trinajstić information content (AvgIpc) is 3.36. The third-order valence-electron chi connectivity index (χ3n) is 4.93. The smallest absolute Gasteiger partial charge is 0.152 e. The Bertz CT molecular complexity index is 855. The molecule has 1 fully saturated rings. The SMILES string of the molecule is Cc1ccc(-c2[nH]ncc2CNCC2CCN(c3ccc(F)cc3)C2)o1. The van der Waals surface area contributed by atoms with E-state index >= 15 is 0 Å². The molecule has 0 amide bonds. The first-order valence-corrected chi connectivity index (χ1v) is 8.99. The summed E-state index contributed by atoms with van der Waals surface area (Å²) in [5, 5.41) is 10.7. The molecule has 0 radical (unpaired) electrons. The van der Waals surface area contributed by atoms with Crippen molar-refractivity contribution in [2.75, 3.05) is 24.5 Å². The number of halogens is 1. The molecule has 2 aromatic heterocycles. The fraction of sp³-hybridized carbons (Fsp3) is 0.350. The fourth-order valence-corrected chi connectivity index (χ4v) is 3.52. The molecular formula is C20H23FN4O. The number of nitrogens with one attached hydrogen (secondary N) is 2. The molecule has 0 aliphatic carbocycles. The number of H-pyrrole nitrogens is 1. The molecule has 4 rings (SSSR count). The van der Waals surface area contributed by atoms with Gasteiger partial charge in [0, 0.05) is 37.4 Å². The number of anilines is 1. The molecule has 1 saturated heterocycles. The molecule has 6 heteroatoms. The third-order valence-corrected chi connectivity index (χ3v) is 4.93. The van der Waals surface area contributed by atoms with Gasteiger partial charge in [0.1, 0.15) is 17.3 Å². The number of aromatic amines is 1. The van der Waals surface area contributed by atoms with Gasteiger partial charge in [0.15, 0.2) is 5.76 Å². The summed E-state index contributed by atoms with van der Waals surface area (Å²) >= 11 is 0. The van der Waals surface area contributed by atoms with Crippen molar-refractivity contribution < 1.29 is 8.81 Å². The van der Waals surface area contributed by atoms with Gasteiger partial charge in [-0.15, -0.1) is 0 Å². The molecule has 0 spiro atoms. The van der Waals surface area contributed by atoms with Gasteiger partial charge in [0.2, 0.25) is 0 Å². The van der Waals surface area contributed by atoms with Crippen LogP contribution in [0.4, 0.5) is 10.1 Å². The third kappa shape index (κ3) is 3.65. The number of hydrogen-bond acceptors (Lipinski definition) is 4. The summed E-state index contributed by atoms with van der Waals surface area (Å²) in [4.78, 5) is 2.32. The van der Waals surface area contributed by atoms with E-state index in [-0.39, 0.29) is 5.82 Å². The molecule has 2 N–H and O–H groups in total. The van der Waals surface area contributed by atoms with Crippen LogP contribution in [0.15, 0.2) is 47.0 Å². The Morgan fingerprint density at radius 1 is 1.27 bits per heavy atom. The first kappa shape index (κ1) is 16.8. The van der Waals surface area contributed by atoms with E-state index in [4.69, 9.17) is 4.42 Å². The molecule has 0 saturated carbocycles. The van der Waals surface area contributed by atoms with E-state index in [2.05, 4.69) is 20.4 Å². The maximum atomic E-state index is 13.1. The molecule has 1 aliphatic rings. The second kappa shape index (κ2) is 7.33. The van der Waals surface area contributed by atoms with Crippen LogP contribution in [0.5, 0.6) is 0 Å². The Morgan fingerprint density at radius 2 is 2.12 bits per heavy atom. The molecule has 5 nitrogen and oxygen atoms in total. The normalized spacial score (nSPS) is 17.2. The first-order chi connectivity index (χ1) is 12.7. The van der Waals surface area contributed by atoms with Gasteiger partial charge >= 0.3 is 0 Å². The topological polar surface area (TPSA) is 57.1 Å². The highest BCUT2D eigenvalue weighted by molar-refractivity contribution is 5.56. The van der Waals surface area contributed by atoms with Crippen molar-refractivity contribution in [3.05, 3.63) is 59.7 Å². The molecular weight excluding hydrogens is 331 g/mol. The summed E-state index contributed by atoms with van der Waals surface area (Å²) in [5.41, 5.74) is 3.14. The van der Waals surface area contributed by atoms with Gasteiger partial charge in [-0.2, -0.15) is 5.10 Å². The first-order valence-electron chi connectivity index (χ1n) is 8.99. The second-order valence-electron chi connectivity index (χ2n) is 6.89. The fourth-order valence-electron chi connectivity index (χ4n) is 3.52. The molecule has 136 valence electrons. The molecule has 1 aromatic carbocycles. The predicted molar refractivity (Wildman–Crippen MR) is 99.5 cm³/mol. The number of aromatic nitrogens is 2. The van der Waals surface area contributed by atoms with Crippen LogP contribution in [-0.4, -0.2) is 29.8 Å². The number of aryl methyl sites for hydroxylation is 1. The highest BCUT2D eigenvalue weighted by atomic mass is 19.1. The van der Waals surface area contributed by atoms with Gasteiger partial charge in [-0.1, -0.05) is 0 Å². The highest BCUT2D eigenvalue weighted by Crippen LogP contribution is 2.25. The quantitative estimate of drug-likeness (QED) is 0.708. The number of nitrogens with zero attached hydrogens (tertiary/aromatic N) is 2. The highest BCUT2D eigenvalue weighted by Gasteiger charge is 2.22. The van der Waals surface area contributed by atoms with E-state index < -0.39 is 0 Å². The van der Waals surface area contributed by atoms with E-state index in [1.165, 1.54) is 12.1 Å². The van der Waals surface area contributed by atoms with Crippen LogP contribution in [0, 0.1) is 18.7 Å². The predicted octanol–water partition coefficient (Wildman–Crippen LogP) is 3.73. The van der Waals surface area contributed by atoms with E-state index in [0.717, 1.165) is 61.1 Å². The lowest BCUT2D eigenvalue weighted by molar-refractivity contribution is 0.515. The average molecular weight is 354 g/mol. The summed E-state index contributed by atoms with van der Waals surface area (Å²) in [6, 6.07) is 10.7. The Kier molecular flexibility index (Phi) is 4.75. The standard InChI is InChI=1S/C20H23FN4O/c1-14-2-7-19(26-14)20-16(12-23-24-20)11-22-10-15-8-9-25(13-15)18-5-3-17(21)4-6-18/h2-7,12,15,22H,8-11,13H2,1H3,(H,23,24). The molecule has 3 aromatic rings. The summed E-state index contributed by atoms with van der Waals surface area (Å²) in [6.07, 6.45) is 2.99. The largest absolute Gasteiger partial charge is 0.460 e. The number of furan rings is 1. The van der Waals surface area contributed by atoms with Crippen molar-refractivity contribution in [1.29, 1.82) is 0 Å². The zero-order chi connectivity index (χ0) is 17.9. The van der Waals surface area contributed by atoms with Crippen molar-refractivity contribution in [2.45, 2.75) is 19.9 Å². The zero-order valence-corrected chi connectivity index (χ0v) is 14.8. The molecule has 3 heterocycles. The van der Waals surface area contributed by atoms with Gasteiger partial charge < -0.3 is 14.6 Å². The van der Waals surface area contributed by atoms with Gasteiger partial charge in [-0.05, 0) is 55.7 Å². The van der Waals surface area contributed by atoms with Gasteiger partial charge in [0.05, 0.1) is 6.20 Å². The van der Waals surface area contributed by atoms with Crippen LogP contribution < -0.4 is 10.2 Å². The molecule has 0 bridgehead atoms. The molecule has 1 unspecified atom stereocenters. The van der Waals surface area contributed by atoms with Crippen molar-refractivity contribution >= 4 is 5.69 Å². The minimum Gasteiger partial charge on any atom is -0.460 e. The second-order valence-corrected chi connectivity index (χ2v) is 6.89. The van der Waals surface area contributed by atoms with Gasteiger partial charge in [-0.25, -0.2) is 4.39 Å². The maximum absolute atomic E-state index is 13.1. The Balaban J connectivity index is 1.30. The summed E-state index contributed by atoms with van der Waals surface area (Å²) in [7, 11) is 0. The Labute approximate surface area is 152 Å². The number of rotatable bonds is 6. The number of benzene rings is 1. The van der Waals surface area contributed by atoms with E-state index in [9.17, 15) is 4.39 Å².